The predicted octanol–water partition coefficient (Wildman–Crippen LogP) is 2.86. The van der Waals surface area contributed by atoms with Gasteiger partial charge in [-0.1, -0.05) is 12.1 Å². The molecule has 0 fully saturated rings. The van der Waals surface area contributed by atoms with Crippen molar-refractivity contribution in [3.05, 3.63) is 63.8 Å². The van der Waals surface area contributed by atoms with Crippen molar-refractivity contribution in [2.75, 3.05) is 12.0 Å². The van der Waals surface area contributed by atoms with E-state index in [1.807, 2.05) is 30.5 Å². The SMILES string of the molecule is CSCC[C@H](NC(=O)c1cnc2sccn2c1=O)c1nc2ccccc2[nH]1. The van der Waals surface area contributed by atoms with Crippen LogP contribution >= 0.6 is 23.1 Å². The number of thioether (sulfide) groups is 1. The van der Waals surface area contributed by atoms with E-state index in [1.54, 1.807) is 23.3 Å². The molecule has 2 N–H and O–H groups in total. The standard InChI is InChI=1S/C18H17N5O2S2/c1-26-8-6-14(15-20-12-4-2-3-5-13(12)21-15)22-16(24)11-10-19-18-23(17(11)25)7-9-27-18/h2-5,7,9-10,14H,6,8H2,1H3,(H,20,21)(H,22,24)/t14-/m0/s1. The number of para-hydroxylation sites is 2. The van der Waals surface area contributed by atoms with Crippen molar-refractivity contribution in [2.45, 2.75) is 12.5 Å². The Labute approximate surface area is 162 Å². The lowest BCUT2D eigenvalue weighted by Crippen LogP contribution is -2.34. The van der Waals surface area contributed by atoms with Crippen molar-refractivity contribution in [3.63, 3.8) is 0 Å². The highest BCUT2D eigenvalue weighted by atomic mass is 32.2. The lowest BCUT2D eigenvalue weighted by atomic mass is 10.2. The number of nitrogens with one attached hydrogen (secondary N) is 2. The van der Waals surface area contributed by atoms with Gasteiger partial charge in [0, 0.05) is 17.8 Å². The zero-order chi connectivity index (χ0) is 18.8. The van der Waals surface area contributed by atoms with Gasteiger partial charge in [0.15, 0.2) is 4.96 Å². The molecule has 4 aromatic rings. The maximum absolute atomic E-state index is 12.8. The highest BCUT2D eigenvalue weighted by Gasteiger charge is 2.21. The number of thiazole rings is 1. The number of H-pyrrole nitrogens is 1. The molecule has 7 nitrogen and oxygen atoms in total. The Morgan fingerprint density at radius 1 is 1.41 bits per heavy atom. The predicted molar refractivity (Wildman–Crippen MR) is 109 cm³/mol. The van der Waals surface area contributed by atoms with Crippen molar-refractivity contribution in [2.24, 2.45) is 0 Å². The minimum Gasteiger partial charge on any atom is -0.342 e. The molecule has 0 spiro atoms. The third-order valence-electron chi connectivity index (χ3n) is 4.24. The van der Waals surface area contributed by atoms with Crippen LogP contribution < -0.4 is 10.9 Å². The van der Waals surface area contributed by atoms with Gasteiger partial charge < -0.3 is 10.3 Å². The van der Waals surface area contributed by atoms with Gasteiger partial charge in [0.05, 0.1) is 17.1 Å². The number of benzene rings is 1. The van der Waals surface area contributed by atoms with Gasteiger partial charge in [-0.15, -0.1) is 11.3 Å². The number of rotatable bonds is 6. The Morgan fingerprint density at radius 3 is 3.07 bits per heavy atom. The third kappa shape index (κ3) is 3.47. The summed E-state index contributed by atoms with van der Waals surface area (Å²) >= 11 is 3.04. The van der Waals surface area contributed by atoms with E-state index < -0.39 is 5.91 Å². The lowest BCUT2D eigenvalue weighted by Gasteiger charge is -2.16. The summed E-state index contributed by atoms with van der Waals surface area (Å²) in [5, 5.41) is 4.71. The van der Waals surface area contributed by atoms with Gasteiger partial charge in [-0.2, -0.15) is 11.8 Å². The number of carbonyl (C=O) groups is 1. The molecular formula is C18H17N5O2S2. The Bertz CT molecular complexity index is 1130. The van der Waals surface area contributed by atoms with Gasteiger partial charge in [-0.3, -0.25) is 14.0 Å². The number of amides is 1. The molecule has 3 heterocycles. The maximum atomic E-state index is 12.8. The zero-order valence-corrected chi connectivity index (χ0v) is 16.1. The van der Waals surface area contributed by atoms with E-state index in [2.05, 4.69) is 20.3 Å². The Morgan fingerprint density at radius 2 is 2.26 bits per heavy atom. The fourth-order valence-electron chi connectivity index (χ4n) is 2.87. The van der Waals surface area contributed by atoms with E-state index in [1.165, 1.54) is 21.9 Å². The van der Waals surface area contributed by atoms with Crippen LogP contribution in [0.2, 0.25) is 0 Å². The summed E-state index contributed by atoms with van der Waals surface area (Å²) in [4.78, 5) is 38.0. The minimum atomic E-state index is -0.445. The lowest BCUT2D eigenvalue weighted by molar-refractivity contribution is 0.0932. The van der Waals surface area contributed by atoms with Crippen LogP contribution in [-0.2, 0) is 0 Å². The van der Waals surface area contributed by atoms with Crippen molar-refractivity contribution in [1.29, 1.82) is 0 Å². The van der Waals surface area contributed by atoms with Crippen LogP contribution in [0.15, 0.2) is 46.8 Å². The first-order valence-corrected chi connectivity index (χ1v) is 10.6. The molecule has 0 unspecified atom stereocenters. The number of aromatic nitrogens is 4. The normalized spacial score (nSPS) is 12.5. The van der Waals surface area contributed by atoms with Gasteiger partial charge in [0.25, 0.3) is 11.5 Å². The molecule has 0 aliphatic carbocycles. The fraction of sp³-hybridized carbons (Fsp3) is 0.222. The number of imidazole rings is 1. The monoisotopic (exact) mass is 399 g/mol. The molecule has 1 atom stereocenters. The average Bonchev–Trinajstić information content (AvgIpc) is 3.32. The molecule has 0 aliphatic heterocycles. The smallest absolute Gasteiger partial charge is 0.271 e. The third-order valence-corrected chi connectivity index (χ3v) is 5.66. The number of aromatic amines is 1. The summed E-state index contributed by atoms with van der Waals surface area (Å²) in [6, 6.07) is 7.40. The molecule has 3 aromatic heterocycles. The van der Waals surface area contributed by atoms with Gasteiger partial charge in [0.1, 0.15) is 11.4 Å². The molecular weight excluding hydrogens is 382 g/mol. The Balaban J connectivity index is 1.65. The summed E-state index contributed by atoms with van der Waals surface area (Å²) in [5.41, 5.74) is 1.41. The molecule has 4 rings (SSSR count). The largest absolute Gasteiger partial charge is 0.342 e. The second-order valence-corrected chi connectivity index (χ2v) is 7.84. The molecule has 27 heavy (non-hydrogen) atoms. The minimum absolute atomic E-state index is 0.0242. The number of hydrogen-bond acceptors (Lipinski definition) is 6. The summed E-state index contributed by atoms with van der Waals surface area (Å²) < 4.78 is 1.39. The van der Waals surface area contributed by atoms with Crippen LogP contribution in [0.3, 0.4) is 0 Å². The van der Waals surface area contributed by atoms with Crippen molar-refractivity contribution in [1.82, 2.24) is 24.7 Å². The molecule has 0 saturated heterocycles. The fourth-order valence-corrected chi connectivity index (χ4v) is 4.01. The molecule has 0 aliphatic rings. The van der Waals surface area contributed by atoms with E-state index in [-0.39, 0.29) is 17.2 Å². The highest BCUT2D eigenvalue weighted by Crippen LogP contribution is 2.20. The van der Waals surface area contributed by atoms with E-state index in [0.29, 0.717) is 17.2 Å². The molecule has 0 bridgehead atoms. The molecule has 1 aromatic carbocycles. The van der Waals surface area contributed by atoms with Gasteiger partial charge in [-0.05, 0) is 30.6 Å². The Kier molecular flexibility index (Phi) is 4.95. The second-order valence-electron chi connectivity index (χ2n) is 5.98. The highest BCUT2D eigenvalue weighted by molar-refractivity contribution is 7.98. The number of nitrogens with zero attached hydrogens (tertiary/aromatic N) is 3. The number of carbonyl (C=O) groups excluding carboxylic acids is 1. The van der Waals surface area contributed by atoms with E-state index in [9.17, 15) is 9.59 Å². The summed E-state index contributed by atoms with van der Waals surface area (Å²) in [5.74, 6) is 1.09. The first kappa shape index (κ1) is 17.7. The van der Waals surface area contributed by atoms with E-state index in [4.69, 9.17) is 0 Å². The van der Waals surface area contributed by atoms with Crippen LogP contribution in [-0.4, -0.2) is 37.3 Å². The molecule has 0 saturated carbocycles. The zero-order valence-electron chi connectivity index (χ0n) is 14.5. The molecule has 9 heteroatoms. The van der Waals surface area contributed by atoms with Gasteiger partial charge in [0.2, 0.25) is 0 Å². The Hall–Kier alpha value is -2.65. The van der Waals surface area contributed by atoms with Crippen molar-refractivity contribution < 1.29 is 4.79 Å². The topological polar surface area (TPSA) is 92.2 Å². The number of fused-ring (bicyclic) bond motifs is 2. The van der Waals surface area contributed by atoms with Crippen LogP contribution in [0.4, 0.5) is 0 Å². The van der Waals surface area contributed by atoms with Crippen LogP contribution in [0.1, 0.15) is 28.6 Å². The first-order chi connectivity index (χ1) is 13.2. The van der Waals surface area contributed by atoms with E-state index in [0.717, 1.165) is 16.8 Å². The molecule has 1 amide bonds. The van der Waals surface area contributed by atoms with Crippen molar-refractivity contribution in [3.8, 4) is 0 Å². The quantitative estimate of drug-likeness (QED) is 0.520. The van der Waals surface area contributed by atoms with Crippen LogP contribution in [0.5, 0.6) is 0 Å². The number of hydrogen-bond donors (Lipinski definition) is 2. The van der Waals surface area contributed by atoms with E-state index >= 15 is 0 Å². The average molecular weight is 400 g/mol. The summed E-state index contributed by atoms with van der Waals surface area (Å²) in [7, 11) is 0. The second kappa shape index (κ2) is 7.53. The maximum Gasteiger partial charge on any atom is 0.271 e. The summed E-state index contributed by atoms with van der Waals surface area (Å²) in [6.45, 7) is 0. The summed E-state index contributed by atoms with van der Waals surface area (Å²) in [6.07, 6.45) is 5.67. The van der Waals surface area contributed by atoms with Crippen molar-refractivity contribution >= 4 is 45.0 Å². The van der Waals surface area contributed by atoms with Gasteiger partial charge >= 0.3 is 0 Å². The van der Waals surface area contributed by atoms with Gasteiger partial charge in [-0.25, -0.2) is 9.97 Å². The first-order valence-electron chi connectivity index (χ1n) is 8.36. The van der Waals surface area contributed by atoms with Crippen LogP contribution in [0.25, 0.3) is 16.0 Å². The molecule has 138 valence electrons. The van der Waals surface area contributed by atoms with Crippen LogP contribution in [0, 0.1) is 0 Å². The molecule has 0 radical (unpaired) electrons.